The number of amides is 1. The number of hydrogen-bond acceptors (Lipinski definition) is 3. The van der Waals surface area contributed by atoms with E-state index in [0.717, 1.165) is 28.2 Å². The van der Waals surface area contributed by atoms with Crippen LogP contribution >= 0.6 is 0 Å². The van der Waals surface area contributed by atoms with Gasteiger partial charge in [-0.25, -0.2) is 13.8 Å². The number of alkyl halides is 1. The minimum atomic E-state index is -0.941. The van der Waals surface area contributed by atoms with E-state index in [0.29, 0.717) is 17.8 Å². The highest BCUT2D eigenvalue weighted by molar-refractivity contribution is 5.96. The summed E-state index contributed by atoms with van der Waals surface area (Å²) >= 11 is 0. The van der Waals surface area contributed by atoms with Crippen LogP contribution in [0.3, 0.4) is 0 Å². The Morgan fingerprint density at radius 3 is 2.68 bits per heavy atom. The number of nitrogens with one attached hydrogen (secondary N) is 1. The van der Waals surface area contributed by atoms with E-state index in [-0.39, 0.29) is 24.8 Å². The Balaban J connectivity index is 1.69. The van der Waals surface area contributed by atoms with Crippen molar-refractivity contribution < 1.29 is 13.6 Å². The van der Waals surface area contributed by atoms with Crippen LogP contribution < -0.4 is 5.32 Å². The third kappa shape index (κ3) is 3.21. The van der Waals surface area contributed by atoms with Crippen molar-refractivity contribution in [3.8, 4) is 0 Å². The van der Waals surface area contributed by atoms with Crippen molar-refractivity contribution in [1.29, 1.82) is 0 Å². The van der Waals surface area contributed by atoms with Crippen LogP contribution in [-0.4, -0.2) is 39.5 Å². The number of aromatic nitrogens is 2. The molecule has 0 spiro atoms. The Morgan fingerprint density at radius 1 is 1.25 bits per heavy atom. The van der Waals surface area contributed by atoms with Gasteiger partial charge in [0.05, 0.1) is 30.0 Å². The number of hydrogen-bond donors (Lipinski definition) is 1. The summed E-state index contributed by atoms with van der Waals surface area (Å²) in [5.74, 6) is -0.459. The molecule has 2 aromatic heterocycles. The Morgan fingerprint density at radius 2 is 2.00 bits per heavy atom. The molecular formula is C21H22F2N4O. The second kappa shape index (κ2) is 6.89. The Labute approximate surface area is 162 Å². The van der Waals surface area contributed by atoms with Crippen LogP contribution in [0.5, 0.6) is 0 Å². The molecule has 1 fully saturated rings. The van der Waals surface area contributed by atoms with Gasteiger partial charge in [-0.3, -0.25) is 4.79 Å². The van der Waals surface area contributed by atoms with Gasteiger partial charge in [0.15, 0.2) is 5.65 Å². The summed E-state index contributed by atoms with van der Waals surface area (Å²) in [7, 11) is 0. The van der Waals surface area contributed by atoms with E-state index < -0.39 is 6.17 Å². The maximum absolute atomic E-state index is 13.3. The maximum atomic E-state index is 13.3. The first-order valence-corrected chi connectivity index (χ1v) is 9.25. The zero-order valence-electron chi connectivity index (χ0n) is 16.1. The first kappa shape index (κ1) is 18.4. The molecule has 0 radical (unpaired) electrons. The minimum Gasteiger partial charge on any atom is -0.378 e. The van der Waals surface area contributed by atoms with Gasteiger partial charge in [-0.05, 0) is 50.1 Å². The molecule has 0 bridgehead atoms. The van der Waals surface area contributed by atoms with Gasteiger partial charge in [-0.1, -0.05) is 6.07 Å². The van der Waals surface area contributed by atoms with Gasteiger partial charge in [0, 0.05) is 18.4 Å². The summed E-state index contributed by atoms with van der Waals surface area (Å²) in [5.41, 5.74) is 5.54. The fourth-order valence-electron chi connectivity index (χ4n) is 3.44. The second-order valence-electron chi connectivity index (χ2n) is 7.35. The SMILES string of the molecule is Cc1cc(F)ccc1CNc1cc(C(=O)N2CC(F)C2)cn2c(C)c(C)nc12. The molecule has 0 unspecified atom stereocenters. The summed E-state index contributed by atoms with van der Waals surface area (Å²) in [6.07, 6.45) is 0.816. The highest BCUT2D eigenvalue weighted by Gasteiger charge is 2.31. The van der Waals surface area contributed by atoms with E-state index in [1.54, 1.807) is 18.3 Å². The van der Waals surface area contributed by atoms with Gasteiger partial charge in [0.25, 0.3) is 5.91 Å². The van der Waals surface area contributed by atoms with Crippen LogP contribution in [0.1, 0.15) is 32.9 Å². The van der Waals surface area contributed by atoms with E-state index in [4.69, 9.17) is 0 Å². The van der Waals surface area contributed by atoms with Crippen molar-refractivity contribution >= 4 is 17.2 Å². The van der Waals surface area contributed by atoms with Gasteiger partial charge in [-0.15, -0.1) is 0 Å². The molecule has 1 amide bonds. The standard InChI is InChI=1S/C21H22F2N4O/c1-12-6-17(22)5-4-15(12)8-24-19-7-16(21(28)26-10-18(23)11-26)9-27-14(3)13(2)25-20(19)27/h4-7,9,18,24H,8,10-11H2,1-3H3. The Hall–Kier alpha value is -2.96. The summed E-state index contributed by atoms with van der Waals surface area (Å²) in [6, 6.07) is 6.43. The van der Waals surface area contributed by atoms with E-state index >= 15 is 0 Å². The third-order valence-electron chi connectivity index (χ3n) is 5.34. The molecule has 1 aliphatic rings. The molecule has 1 aromatic carbocycles. The minimum absolute atomic E-state index is 0.135. The van der Waals surface area contributed by atoms with Crippen LogP contribution in [0.4, 0.5) is 14.5 Å². The normalized spacial score (nSPS) is 14.4. The Bertz CT molecular complexity index is 1070. The molecule has 7 heteroatoms. The molecule has 3 heterocycles. The highest BCUT2D eigenvalue weighted by atomic mass is 19.1. The number of halogens is 2. The number of nitrogens with zero attached hydrogens (tertiary/aromatic N) is 3. The topological polar surface area (TPSA) is 49.6 Å². The molecular weight excluding hydrogens is 362 g/mol. The van der Waals surface area contributed by atoms with Gasteiger partial charge < -0.3 is 14.6 Å². The van der Waals surface area contributed by atoms with Crippen LogP contribution in [-0.2, 0) is 6.54 Å². The number of aryl methyl sites for hydroxylation is 3. The van der Waals surface area contributed by atoms with Crippen molar-refractivity contribution in [2.75, 3.05) is 18.4 Å². The average Bonchev–Trinajstić information content (AvgIpc) is 2.92. The summed E-state index contributed by atoms with van der Waals surface area (Å²) < 4.78 is 28.4. The van der Waals surface area contributed by atoms with E-state index in [1.807, 2.05) is 25.2 Å². The second-order valence-corrected chi connectivity index (χ2v) is 7.35. The number of likely N-dealkylation sites (tertiary alicyclic amines) is 1. The quantitative estimate of drug-likeness (QED) is 0.744. The predicted octanol–water partition coefficient (Wildman–Crippen LogP) is 3.80. The van der Waals surface area contributed by atoms with Gasteiger partial charge in [0.1, 0.15) is 12.0 Å². The Kier molecular flexibility index (Phi) is 4.53. The van der Waals surface area contributed by atoms with Crippen molar-refractivity contribution in [1.82, 2.24) is 14.3 Å². The summed E-state index contributed by atoms with van der Waals surface area (Å²) in [4.78, 5) is 18.8. The third-order valence-corrected chi connectivity index (χ3v) is 5.34. The number of pyridine rings is 1. The first-order chi connectivity index (χ1) is 13.3. The van der Waals surface area contributed by atoms with E-state index in [9.17, 15) is 13.6 Å². The number of anilines is 1. The molecule has 1 saturated heterocycles. The predicted molar refractivity (Wildman–Crippen MR) is 104 cm³/mol. The molecule has 4 rings (SSSR count). The highest BCUT2D eigenvalue weighted by Crippen LogP contribution is 2.25. The van der Waals surface area contributed by atoms with Crippen molar-refractivity contribution in [3.63, 3.8) is 0 Å². The lowest BCUT2D eigenvalue weighted by Crippen LogP contribution is -2.51. The number of carbonyl (C=O) groups is 1. The molecule has 0 saturated carbocycles. The summed E-state index contributed by atoms with van der Waals surface area (Å²) in [6.45, 7) is 6.46. The molecule has 0 atom stereocenters. The first-order valence-electron chi connectivity index (χ1n) is 9.25. The zero-order chi connectivity index (χ0) is 20.0. The lowest BCUT2D eigenvalue weighted by molar-refractivity contribution is 0.0400. The van der Waals surface area contributed by atoms with E-state index in [2.05, 4.69) is 10.3 Å². The lowest BCUT2D eigenvalue weighted by Gasteiger charge is -2.34. The van der Waals surface area contributed by atoms with Crippen LogP contribution in [0, 0.1) is 26.6 Å². The largest absolute Gasteiger partial charge is 0.378 e. The van der Waals surface area contributed by atoms with Gasteiger partial charge in [-0.2, -0.15) is 0 Å². The number of benzene rings is 1. The number of carbonyl (C=O) groups excluding carboxylic acids is 1. The van der Waals surface area contributed by atoms with Crippen molar-refractivity contribution in [2.24, 2.45) is 0 Å². The number of fused-ring (bicyclic) bond motifs is 1. The maximum Gasteiger partial charge on any atom is 0.255 e. The monoisotopic (exact) mass is 384 g/mol. The number of rotatable bonds is 4. The molecule has 3 aromatic rings. The van der Waals surface area contributed by atoms with Crippen molar-refractivity contribution in [3.05, 3.63) is 64.4 Å². The lowest BCUT2D eigenvalue weighted by atomic mass is 10.1. The smallest absolute Gasteiger partial charge is 0.255 e. The number of imidazole rings is 1. The van der Waals surface area contributed by atoms with E-state index in [1.165, 1.54) is 17.0 Å². The van der Waals surface area contributed by atoms with Crippen molar-refractivity contribution in [2.45, 2.75) is 33.5 Å². The molecule has 146 valence electrons. The molecule has 0 aliphatic carbocycles. The van der Waals surface area contributed by atoms with Crippen LogP contribution in [0.2, 0.25) is 0 Å². The van der Waals surface area contributed by atoms with Gasteiger partial charge >= 0.3 is 0 Å². The fourth-order valence-corrected chi connectivity index (χ4v) is 3.44. The van der Waals surface area contributed by atoms with Crippen LogP contribution in [0.25, 0.3) is 5.65 Å². The molecule has 28 heavy (non-hydrogen) atoms. The van der Waals surface area contributed by atoms with Crippen LogP contribution in [0.15, 0.2) is 30.5 Å². The summed E-state index contributed by atoms with van der Waals surface area (Å²) in [5, 5.41) is 3.33. The average molecular weight is 384 g/mol. The fraction of sp³-hybridized carbons (Fsp3) is 0.333. The molecule has 1 N–H and O–H groups in total. The molecule has 5 nitrogen and oxygen atoms in total. The van der Waals surface area contributed by atoms with Gasteiger partial charge in [0.2, 0.25) is 0 Å². The zero-order valence-corrected chi connectivity index (χ0v) is 16.1. The molecule has 1 aliphatic heterocycles.